The Morgan fingerprint density at radius 3 is 2.26 bits per heavy atom. The van der Waals surface area contributed by atoms with Crippen molar-refractivity contribution in [2.45, 2.75) is 38.8 Å². The number of piperazine rings is 1. The molecule has 0 aromatic rings. The molecule has 19 heavy (non-hydrogen) atoms. The van der Waals surface area contributed by atoms with Gasteiger partial charge in [0.25, 0.3) is 0 Å². The Morgan fingerprint density at radius 1 is 1.32 bits per heavy atom. The number of hydrogen-bond donors (Lipinski definition) is 2. The molecule has 110 valence electrons. The van der Waals surface area contributed by atoms with Gasteiger partial charge >= 0.3 is 0 Å². The van der Waals surface area contributed by atoms with Gasteiger partial charge in [-0.1, -0.05) is 25.6 Å². The average Bonchev–Trinajstić information content (AvgIpc) is 2.43. The van der Waals surface area contributed by atoms with Crippen LogP contribution < -0.4 is 11.1 Å². The van der Waals surface area contributed by atoms with Crippen LogP contribution in [0.15, 0.2) is 0 Å². The summed E-state index contributed by atoms with van der Waals surface area (Å²) in [5, 5.41) is 2.70. The third kappa shape index (κ3) is 4.40. The molecule has 1 fully saturated rings. The topological polar surface area (TPSA) is 61.6 Å². The first-order chi connectivity index (χ1) is 9.01. The summed E-state index contributed by atoms with van der Waals surface area (Å²) in [5.41, 5.74) is 5.83. The number of nitrogens with one attached hydrogen (secondary N) is 1. The number of likely N-dealkylation sites (N-methyl/N-ethyl adjacent to an activating group) is 1. The van der Waals surface area contributed by atoms with Crippen molar-refractivity contribution in [3.05, 3.63) is 0 Å². The fourth-order valence-corrected chi connectivity index (χ4v) is 2.86. The van der Waals surface area contributed by atoms with Crippen molar-refractivity contribution < 1.29 is 4.79 Å². The highest BCUT2D eigenvalue weighted by atomic mass is 32.1. The van der Waals surface area contributed by atoms with Crippen LogP contribution in [0.3, 0.4) is 0 Å². The van der Waals surface area contributed by atoms with Gasteiger partial charge in [-0.25, -0.2) is 0 Å². The molecule has 3 N–H and O–H groups in total. The van der Waals surface area contributed by atoms with Gasteiger partial charge in [-0.15, -0.1) is 0 Å². The Bertz CT molecular complexity index is 316. The minimum Gasteiger partial charge on any atom is -0.392 e. The molecule has 5 nitrogen and oxygen atoms in total. The molecule has 2 atom stereocenters. The standard InChI is InChI=1S/C13H26N4OS/c1-4-5-11(12(14)19)17-8-6-16(7-9-17)10(2)13(18)15-3/h10-11H,4-9H2,1-3H3,(H2,14,19)(H,15,18). The Kier molecular flexibility index (Phi) is 6.68. The molecule has 0 aromatic carbocycles. The molecule has 0 aromatic heterocycles. The number of nitrogens with zero attached hydrogens (tertiary/aromatic N) is 2. The maximum atomic E-state index is 11.6. The van der Waals surface area contributed by atoms with Crippen LogP contribution in [0.2, 0.25) is 0 Å². The molecule has 1 heterocycles. The fourth-order valence-electron chi connectivity index (χ4n) is 2.59. The summed E-state index contributed by atoms with van der Waals surface area (Å²) in [6.45, 7) is 7.71. The Labute approximate surface area is 121 Å². The molecule has 6 heteroatoms. The normalized spacial score (nSPS) is 20.8. The molecular weight excluding hydrogens is 260 g/mol. The second-order valence-corrected chi connectivity index (χ2v) is 5.54. The van der Waals surface area contributed by atoms with Crippen LogP contribution in [0.25, 0.3) is 0 Å². The maximum absolute atomic E-state index is 11.6. The predicted molar refractivity (Wildman–Crippen MR) is 82.2 cm³/mol. The second kappa shape index (κ2) is 7.77. The van der Waals surface area contributed by atoms with Gasteiger partial charge in [0.2, 0.25) is 5.91 Å². The summed E-state index contributed by atoms with van der Waals surface area (Å²) < 4.78 is 0. The van der Waals surface area contributed by atoms with E-state index in [1.807, 2.05) is 6.92 Å². The lowest BCUT2D eigenvalue weighted by molar-refractivity contribution is -0.126. The number of carbonyl (C=O) groups excluding carboxylic acids is 1. The summed E-state index contributed by atoms with van der Waals surface area (Å²) in [6, 6.07) is 0.138. The van der Waals surface area contributed by atoms with Gasteiger partial charge in [-0.05, 0) is 13.3 Å². The van der Waals surface area contributed by atoms with E-state index in [9.17, 15) is 4.79 Å². The third-order valence-corrected chi connectivity index (χ3v) is 4.13. The molecule has 1 amide bonds. The highest BCUT2D eigenvalue weighted by Crippen LogP contribution is 2.13. The lowest BCUT2D eigenvalue weighted by Crippen LogP contribution is -2.57. The molecule has 1 rings (SSSR count). The molecule has 1 saturated heterocycles. The van der Waals surface area contributed by atoms with Crippen molar-refractivity contribution in [2.75, 3.05) is 33.2 Å². The van der Waals surface area contributed by atoms with Crippen LogP contribution in [0.1, 0.15) is 26.7 Å². The van der Waals surface area contributed by atoms with E-state index in [0.29, 0.717) is 4.99 Å². The smallest absolute Gasteiger partial charge is 0.236 e. The van der Waals surface area contributed by atoms with Crippen molar-refractivity contribution in [3.8, 4) is 0 Å². The zero-order valence-corrected chi connectivity index (χ0v) is 13.0. The lowest BCUT2D eigenvalue weighted by atomic mass is 10.1. The number of rotatable bonds is 6. The largest absolute Gasteiger partial charge is 0.392 e. The van der Waals surface area contributed by atoms with Crippen molar-refractivity contribution in [1.29, 1.82) is 0 Å². The summed E-state index contributed by atoms with van der Waals surface area (Å²) >= 11 is 5.16. The van der Waals surface area contributed by atoms with Gasteiger partial charge in [-0.3, -0.25) is 14.6 Å². The van der Waals surface area contributed by atoms with Crippen molar-refractivity contribution >= 4 is 23.1 Å². The quantitative estimate of drug-likeness (QED) is 0.683. The monoisotopic (exact) mass is 286 g/mol. The van der Waals surface area contributed by atoms with Crippen LogP contribution in [-0.4, -0.2) is 66.0 Å². The zero-order valence-electron chi connectivity index (χ0n) is 12.2. The molecule has 0 aliphatic carbocycles. The van der Waals surface area contributed by atoms with Gasteiger partial charge < -0.3 is 11.1 Å². The molecule has 0 bridgehead atoms. The summed E-state index contributed by atoms with van der Waals surface area (Å²) in [4.78, 5) is 16.8. The second-order valence-electron chi connectivity index (χ2n) is 5.07. The average molecular weight is 286 g/mol. The van der Waals surface area contributed by atoms with E-state index in [0.717, 1.165) is 39.0 Å². The van der Waals surface area contributed by atoms with Gasteiger partial charge in [-0.2, -0.15) is 0 Å². The van der Waals surface area contributed by atoms with E-state index >= 15 is 0 Å². The third-order valence-electron chi connectivity index (χ3n) is 3.85. The molecule has 0 saturated carbocycles. The van der Waals surface area contributed by atoms with Crippen LogP contribution in [0, 0.1) is 0 Å². The molecular formula is C13H26N4OS. The molecule has 0 radical (unpaired) electrons. The molecule has 2 unspecified atom stereocenters. The van der Waals surface area contributed by atoms with E-state index in [1.165, 1.54) is 0 Å². The predicted octanol–water partition coefficient (Wildman–Crippen LogP) is 0.193. The number of amides is 1. The Morgan fingerprint density at radius 2 is 1.84 bits per heavy atom. The summed E-state index contributed by atoms with van der Waals surface area (Å²) in [7, 11) is 1.68. The van der Waals surface area contributed by atoms with Crippen molar-refractivity contribution in [2.24, 2.45) is 5.73 Å². The fraction of sp³-hybridized carbons (Fsp3) is 0.846. The molecule has 1 aliphatic rings. The maximum Gasteiger partial charge on any atom is 0.236 e. The van der Waals surface area contributed by atoms with Crippen LogP contribution in [0.5, 0.6) is 0 Å². The van der Waals surface area contributed by atoms with E-state index in [4.69, 9.17) is 18.0 Å². The first-order valence-electron chi connectivity index (χ1n) is 7.00. The molecule has 0 spiro atoms. The SMILES string of the molecule is CCCC(C(N)=S)N1CCN(C(C)C(=O)NC)CC1. The van der Waals surface area contributed by atoms with Gasteiger partial charge in [0, 0.05) is 33.2 Å². The van der Waals surface area contributed by atoms with Crippen molar-refractivity contribution in [1.82, 2.24) is 15.1 Å². The number of nitrogens with two attached hydrogens (primary N) is 1. The van der Waals surface area contributed by atoms with Crippen LogP contribution in [0.4, 0.5) is 0 Å². The molecule has 1 aliphatic heterocycles. The summed E-state index contributed by atoms with van der Waals surface area (Å²) in [6.07, 6.45) is 2.09. The van der Waals surface area contributed by atoms with E-state index in [-0.39, 0.29) is 18.0 Å². The van der Waals surface area contributed by atoms with Gasteiger partial charge in [0.1, 0.15) is 0 Å². The Hall–Kier alpha value is -0.720. The van der Waals surface area contributed by atoms with E-state index < -0.39 is 0 Å². The zero-order chi connectivity index (χ0) is 14.4. The first kappa shape index (κ1) is 16.3. The minimum atomic E-state index is -0.0680. The highest BCUT2D eigenvalue weighted by molar-refractivity contribution is 7.80. The van der Waals surface area contributed by atoms with Crippen LogP contribution >= 0.6 is 12.2 Å². The first-order valence-corrected chi connectivity index (χ1v) is 7.41. The Balaban J connectivity index is 2.51. The van der Waals surface area contributed by atoms with E-state index in [2.05, 4.69) is 22.0 Å². The number of thiocarbonyl (C=S) groups is 1. The number of hydrogen-bond acceptors (Lipinski definition) is 4. The van der Waals surface area contributed by atoms with Crippen molar-refractivity contribution in [3.63, 3.8) is 0 Å². The minimum absolute atomic E-state index is 0.0680. The van der Waals surface area contributed by atoms with Gasteiger partial charge in [0.15, 0.2) is 0 Å². The highest BCUT2D eigenvalue weighted by Gasteiger charge is 2.28. The lowest BCUT2D eigenvalue weighted by Gasteiger charge is -2.40. The summed E-state index contributed by atoms with van der Waals surface area (Å²) in [5.74, 6) is 0.0768. The van der Waals surface area contributed by atoms with Crippen LogP contribution in [-0.2, 0) is 4.79 Å². The number of carbonyl (C=O) groups is 1. The van der Waals surface area contributed by atoms with E-state index in [1.54, 1.807) is 7.05 Å². The van der Waals surface area contributed by atoms with Gasteiger partial charge in [0.05, 0.1) is 17.1 Å².